The van der Waals surface area contributed by atoms with Crippen molar-refractivity contribution >= 4 is 6.15 Å². The van der Waals surface area contributed by atoms with Crippen LogP contribution in [0.15, 0.2) is 83.7 Å². The molecule has 156 valence electrons. The van der Waals surface area contributed by atoms with Crippen LogP contribution in [0.2, 0.25) is 0 Å². The third-order valence-electron chi connectivity index (χ3n) is 3.12. The fraction of sp³-hybridized carbons (Fsp3) is 0.0667. The summed E-state index contributed by atoms with van der Waals surface area (Å²) in [5.41, 5.74) is -15.5. The van der Waals surface area contributed by atoms with E-state index in [1.54, 1.807) is 0 Å². The third kappa shape index (κ3) is 5.96. The van der Waals surface area contributed by atoms with Gasteiger partial charge in [-0.1, -0.05) is 36.5 Å². The molecule has 0 aliphatic heterocycles. The molecule has 1 aliphatic rings. The van der Waals surface area contributed by atoms with Gasteiger partial charge in [0.05, 0.1) is 0 Å². The van der Waals surface area contributed by atoms with Crippen LogP contribution in [0.1, 0.15) is 6.42 Å². The Balaban J connectivity index is 0.000000861. The van der Waals surface area contributed by atoms with Gasteiger partial charge in [-0.25, -0.2) is 0 Å². The average molecular weight is 427 g/mol. The minimum atomic E-state index is -6.57. The van der Waals surface area contributed by atoms with E-state index >= 15 is 0 Å². The SMILES string of the molecule is C1=CC=CCC=C1.FC(F)=C(F)[B-](C(F)=C(F)F)(C(F)=C(F)F)C(F)=C(F)F. The van der Waals surface area contributed by atoms with Crippen LogP contribution in [0.25, 0.3) is 0 Å². The second-order valence-corrected chi connectivity index (χ2v) is 4.78. The van der Waals surface area contributed by atoms with Crippen LogP contribution in [0.4, 0.5) is 52.7 Å². The molecule has 0 heterocycles. The van der Waals surface area contributed by atoms with E-state index in [1.165, 1.54) is 0 Å². The molecule has 0 amide bonds. The lowest BCUT2D eigenvalue weighted by molar-refractivity contribution is 0.364. The molecule has 0 nitrogen and oxygen atoms in total. The molecule has 0 atom stereocenters. The first kappa shape index (κ1) is 25.4. The highest BCUT2D eigenvalue weighted by Crippen LogP contribution is 2.46. The van der Waals surface area contributed by atoms with Crippen LogP contribution in [0.5, 0.6) is 0 Å². The van der Waals surface area contributed by atoms with Gasteiger partial charge in [0.2, 0.25) is 0 Å². The molecule has 0 aromatic carbocycles. The van der Waals surface area contributed by atoms with Crippen LogP contribution in [0, 0.1) is 0 Å². The first-order valence-corrected chi connectivity index (χ1v) is 6.91. The van der Waals surface area contributed by atoms with Crippen molar-refractivity contribution in [3.8, 4) is 0 Å². The molecular weight excluding hydrogens is 419 g/mol. The largest absolute Gasteiger partial charge is 0.263 e. The molecule has 0 N–H and O–H groups in total. The second-order valence-electron chi connectivity index (χ2n) is 4.78. The highest BCUT2D eigenvalue weighted by molar-refractivity contribution is 7.02. The van der Waals surface area contributed by atoms with Crippen molar-refractivity contribution in [2.75, 3.05) is 0 Å². The maximum absolute atomic E-state index is 13.0. The van der Waals surface area contributed by atoms with E-state index in [9.17, 15) is 52.7 Å². The number of hydrogen-bond acceptors (Lipinski definition) is 0. The molecule has 1 aliphatic carbocycles. The first-order valence-electron chi connectivity index (χ1n) is 6.91. The van der Waals surface area contributed by atoms with Gasteiger partial charge in [0, 0.05) is 22.9 Å². The summed E-state index contributed by atoms with van der Waals surface area (Å²) in [6, 6.07) is 0. The average Bonchev–Trinajstić information content (AvgIpc) is 2.94. The molecule has 0 bridgehead atoms. The number of allylic oxidation sites excluding steroid dienone is 6. The summed E-state index contributed by atoms with van der Waals surface area (Å²) in [6.07, 6.45) is -8.85. The number of rotatable bonds is 4. The van der Waals surface area contributed by atoms with E-state index in [4.69, 9.17) is 0 Å². The fourth-order valence-corrected chi connectivity index (χ4v) is 1.84. The van der Waals surface area contributed by atoms with Gasteiger partial charge in [0.1, 0.15) is 0 Å². The maximum Gasteiger partial charge on any atom is 0.263 e. The Morgan fingerprint density at radius 1 is 0.429 bits per heavy atom. The van der Waals surface area contributed by atoms with E-state index in [2.05, 4.69) is 24.3 Å². The van der Waals surface area contributed by atoms with Gasteiger partial charge >= 0.3 is 0 Å². The number of hydrogen-bond donors (Lipinski definition) is 0. The van der Waals surface area contributed by atoms with E-state index in [0.717, 1.165) is 6.42 Å². The zero-order valence-corrected chi connectivity index (χ0v) is 13.3. The zero-order chi connectivity index (χ0) is 22.1. The van der Waals surface area contributed by atoms with Crippen molar-refractivity contribution in [1.82, 2.24) is 0 Å². The molecule has 0 saturated heterocycles. The zero-order valence-electron chi connectivity index (χ0n) is 13.3. The van der Waals surface area contributed by atoms with Gasteiger partial charge in [0.15, 0.2) is 0 Å². The normalized spacial score (nSPS) is 12.4. The lowest BCUT2D eigenvalue weighted by atomic mass is 9.21. The Morgan fingerprint density at radius 2 is 0.679 bits per heavy atom. The number of halogens is 12. The molecule has 13 heteroatoms. The van der Waals surface area contributed by atoms with Crippen LogP contribution in [0.3, 0.4) is 0 Å². The van der Waals surface area contributed by atoms with Gasteiger partial charge in [-0.05, 0) is 6.42 Å². The van der Waals surface area contributed by atoms with Crippen molar-refractivity contribution in [2.24, 2.45) is 0 Å². The molecule has 0 fully saturated rings. The molecule has 0 saturated carbocycles. The van der Waals surface area contributed by atoms with E-state index in [0.29, 0.717) is 0 Å². The smallest absolute Gasteiger partial charge is 0.251 e. The summed E-state index contributed by atoms with van der Waals surface area (Å²) in [4.78, 5) is 0. The van der Waals surface area contributed by atoms with Crippen LogP contribution < -0.4 is 0 Å². The standard InChI is InChI=1S/C8BF12.C7H8/c10-1(5(14)15)9(2(11)6(16)17,3(12)7(18)19)4(13)8(20)21;1-2-4-6-7-5-3-1/h;1-6H,7H2/q-1;. The minimum Gasteiger partial charge on any atom is -0.251 e. The summed E-state index contributed by atoms with van der Waals surface area (Å²) in [5.74, 6) is 0. The van der Waals surface area contributed by atoms with Crippen LogP contribution in [-0.4, -0.2) is 6.15 Å². The van der Waals surface area contributed by atoms with Gasteiger partial charge < -0.3 is 0 Å². The van der Waals surface area contributed by atoms with Crippen molar-refractivity contribution in [3.63, 3.8) is 0 Å². The summed E-state index contributed by atoms with van der Waals surface area (Å²) in [7, 11) is 0. The molecule has 28 heavy (non-hydrogen) atoms. The van der Waals surface area contributed by atoms with Gasteiger partial charge in [-0.2, -0.15) is 35.1 Å². The monoisotopic (exact) mass is 427 g/mol. The Hall–Kier alpha value is -2.60. The molecule has 0 spiro atoms. The minimum absolute atomic E-state index is 1.08. The molecule has 0 aromatic heterocycles. The fourth-order valence-electron chi connectivity index (χ4n) is 1.84. The van der Waals surface area contributed by atoms with Gasteiger partial charge in [-0.15, -0.1) is 0 Å². The Labute approximate surface area is 150 Å². The topological polar surface area (TPSA) is 0 Å². The van der Waals surface area contributed by atoms with Crippen molar-refractivity contribution in [2.45, 2.75) is 6.42 Å². The Bertz CT molecular complexity index is 653. The van der Waals surface area contributed by atoms with E-state index in [1.807, 2.05) is 12.2 Å². The van der Waals surface area contributed by atoms with Crippen molar-refractivity contribution < 1.29 is 52.7 Å². The molecule has 0 radical (unpaired) electrons. The second kappa shape index (κ2) is 11.3. The summed E-state index contributed by atoms with van der Waals surface area (Å²) >= 11 is 0. The first-order chi connectivity index (χ1) is 12.9. The summed E-state index contributed by atoms with van der Waals surface area (Å²) in [6.45, 7) is 0. The predicted octanol–water partition coefficient (Wildman–Crippen LogP) is 7.96. The molecule has 0 unspecified atom stereocenters. The Morgan fingerprint density at radius 3 is 0.893 bits per heavy atom. The Kier molecular flexibility index (Phi) is 10.2. The van der Waals surface area contributed by atoms with E-state index in [-0.39, 0.29) is 0 Å². The summed E-state index contributed by atoms with van der Waals surface area (Å²) in [5, 5.41) is 0. The molecule has 1 rings (SSSR count). The quantitative estimate of drug-likeness (QED) is 0.316. The maximum atomic E-state index is 13.0. The molecule has 0 aromatic rings. The summed E-state index contributed by atoms with van der Waals surface area (Å²) < 4.78 is 148. The third-order valence-corrected chi connectivity index (χ3v) is 3.12. The van der Waals surface area contributed by atoms with Gasteiger partial charge in [0.25, 0.3) is 30.5 Å². The highest BCUT2D eigenvalue weighted by Gasteiger charge is 2.51. The van der Waals surface area contributed by atoms with Crippen LogP contribution in [-0.2, 0) is 0 Å². The highest BCUT2D eigenvalue weighted by atomic mass is 19.3. The molecular formula is C15H8BF12-. The van der Waals surface area contributed by atoms with Crippen LogP contribution >= 0.6 is 0 Å². The lowest BCUT2D eigenvalue weighted by Gasteiger charge is -2.32. The predicted molar refractivity (Wildman–Crippen MR) is 79.2 cm³/mol. The van der Waals surface area contributed by atoms with Crippen molar-refractivity contribution in [1.29, 1.82) is 0 Å². The van der Waals surface area contributed by atoms with Gasteiger partial charge in [-0.3, -0.25) is 17.6 Å². The lowest BCUT2D eigenvalue weighted by Crippen LogP contribution is -2.42. The van der Waals surface area contributed by atoms with Crippen molar-refractivity contribution in [3.05, 3.63) is 83.7 Å². The van der Waals surface area contributed by atoms with E-state index < -0.39 is 53.4 Å².